The molecule has 2 saturated heterocycles. The molecule has 1 aromatic rings. The molecule has 2 aliphatic rings. The lowest BCUT2D eigenvalue weighted by Crippen LogP contribution is -2.36. The number of likely N-dealkylation sites (tertiary alicyclic amines) is 1. The molecule has 132 valence electrons. The fourth-order valence-electron chi connectivity index (χ4n) is 3.82. The fourth-order valence-corrected chi connectivity index (χ4v) is 6.05. The van der Waals surface area contributed by atoms with Gasteiger partial charge in [0.15, 0.2) is 0 Å². The smallest absolute Gasteiger partial charge is 0.225 e. The van der Waals surface area contributed by atoms with E-state index in [1.165, 1.54) is 0 Å². The predicted octanol–water partition coefficient (Wildman–Crippen LogP) is 2.10. The number of hydrogen-bond acceptors (Lipinski definition) is 3. The topological polar surface area (TPSA) is 57.7 Å². The Balaban J connectivity index is 1.72. The molecule has 0 bridgehead atoms. The Morgan fingerprint density at radius 3 is 2.50 bits per heavy atom. The van der Waals surface area contributed by atoms with Crippen LogP contribution in [-0.2, 0) is 21.4 Å². The van der Waals surface area contributed by atoms with Gasteiger partial charge in [-0.1, -0.05) is 44.2 Å². The Morgan fingerprint density at radius 2 is 1.83 bits per heavy atom. The molecule has 2 aliphatic heterocycles. The Hall–Kier alpha value is -1.40. The molecule has 0 aliphatic carbocycles. The summed E-state index contributed by atoms with van der Waals surface area (Å²) < 4.78 is 27.5. The van der Waals surface area contributed by atoms with Crippen molar-refractivity contribution in [2.24, 2.45) is 11.8 Å². The second-order valence-electron chi connectivity index (χ2n) is 7.18. The normalized spacial score (nSPS) is 27.0. The first kappa shape index (κ1) is 17.4. The van der Waals surface area contributed by atoms with Crippen molar-refractivity contribution >= 4 is 15.9 Å². The number of sulfonamides is 1. The average molecular weight is 350 g/mol. The van der Waals surface area contributed by atoms with E-state index in [-0.39, 0.29) is 23.0 Å². The monoisotopic (exact) mass is 350 g/mol. The highest BCUT2D eigenvalue weighted by atomic mass is 32.2. The van der Waals surface area contributed by atoms with Gasteiger partial charge in [0.1, 0.15) is 0 Å². The summed E-state index contributed by atoms with van der Waals surface area (Å²) in [6.07, 6.45) is 1.32. The van der Waals surface area contributed by atoms with Gasteiger partial charge in [0.05, 0.1) is 5.25 Å². The molecule has 2 heterocycles. The summed E-state index contributed by atoms with van der Waals surface area (Å²) in [5, 5.41) is -0.342. The number of carbonyl (C=O) groups excluding carboxylic acids is 1. The van der Waals surface area contributed by atoms with Crippen LogP contribution in [0, 0.1) is 11.8 Å². The number of carbonyl (C=O) groups is 1. The summed E-state index contributed by atoms with van der Waals surface area (Å²) >= 11 is 0. The molecule has 0 aromatic heterocycles. The van der Waals surface area contributed by atoms with E-state index < -0.39 is 10.0 Å². The van der Waals surface area contributed by atoms with Crippen LogP contribution in [0.3, 0.4) is 0 Å². The van der Waals surface area contributed by atoms with Gasteiger partial charge in [0, 0.05) is 32.1 Å². The molecule has 24 heavy (non-hydrogen) atoms. The van der Waals surface area contributed by atoms with E-state index in [0.29, 0.717) is 32.6 Å². The Bertz CT molecular complexity index is 687. The van der Waals surface area contributed by atoms with Gasteiger partial charge in [-0.25, -0.2) is 8.42 Å². The second-order valence-corrected chi connectivity index (χ2v) is 9.33. The molecule has 2 atom stereocenters. The maximum atomic E-state index is 12.9. The summed E-state index contributed by atoms with van der Waals surface area (Å²) in [5.41, 5.74) is 1.02. The van der Waals surface area contributed by atoms with Crippen LogP contribution in [0.2, 0.25) is 0 Å². The third kappa shape index (κ3) is 3.35. The van der Waals surface area contributed by atoms with Gasteiger partial charge >= 0.3 is 0 Å². The average Bonchev–Trinajstić information content (AvgIpc) is 2.70. The molecular formula is C18H26N2O3S. The summed E-state index contributed by atoms with van der Waals surface area (Å²) in [4.78, 5) is 14.1. The van der Waals surface area contributed by atoms with Crippen LogP contribution in [0.5, 0.6) is 0 Å². The predicted molar refractivity (Wildman–Crippen MR) is 93.7 cm³/mol. The Labute approximate surface area is 144 Å². The van der Waals surface area contributed by atoms with Crippen LogP contribution in [0.4, 0.5) is 0 Å². The first-order chi connectivity index (χ1) is 11.4. The molecule has 1 aromatic carbocycles. The van der Waals surface area contributed by atoms with Crippen LogP contribution in [0.25, 0.3) is 0 Å². The highest BCUT2D eigenvalue weighted by Gasteiger charge is 2.47. The van der Waals surface area contributed by atoms with E-state index in [1.807, 2.05) is 49.1 Å². The van der Waals surface area contributed by atoms with E-state index in [2.05, 4.69) is 0 Å². The van der Waals surface area contributed by atoms with Crippen molar-refractivity contribution in [2.45, 2.75) is 38.5 Å². The minimum atomic E-state index is -3.28. The molecule has 6 heteroatoms. The third-order valence-electron chi connectivity index (χ3n) is 5.17. The Kier molecular flexibility index (Phi) is 4.97. The van der Waals surface area contributed by atoms with Gasteiger partial charge in [-0.3, -0.25) is 4.79 Å². The number of rotatable bonds is 3. The molecule has 0 unspecified atom stereocenters. The lowest BCUT2D eigenvalue weighted by molar-refractivity contribution is -0.134. The van der Waals surface area contributed by atoms with E-state index in [0.717, 1.165) is 12.0 Å². The summed E-state index contributed by atoms with van der Waals surface area (Å²) in [7, 11) is -3.28. The van der Waals surface area contributed by atoms with Crippen LogP contribution in [0.1, 0.15) is 32.3 Å². The molecule has 0 N–H and O–H groups in total. The highest BCUT2D eigenvalue weighted by Crippen LogP contribution is 2.35. The third-order valence-corrected chi connectivity index (χ3v) is 7.55. The largest absolute Gasteiger partial charge is 0.342 e. The highest BCUT2D eigenvalue weighted by molar-refractivity contribution is 7.90. The minimum absolute atomic E-state index is 0.0332. The molecule has 3 rings (SSSR count). The molecule has 0 radical (unpaired) electrons. The van der Waals surface area contributed by atoms with E-state index in [9.17, 15) is 13.2 Å². The maximum Gasteiger partial charge on any atom is 0.225 e. The molecule has 0 saturated carbocycles. The standard InChI is InChI=1S/C18H26N2O3S/c1-14(2)18(21)19-10-8-16-13-20(12-15-6-4-3-5-7-15)24(22,23)17(16)9-11-19/h3-7,14,16-17H,8-13H2,1-2H3/t16-,17-/m1/s1. The number of nitrogens with zero attached hydrogens (tertiary/aromatic N) is 2. The molecule has 0 spiro atoms. The van der Waals surface area contributed by atoms with Crippen molar-refractivity contribution < 1.29 is 13.2 Å². The second kappa shape index (κ2) is 6.84. The van der Waals surface area contributed by atoms with Crippen molar-refractivity contribution in [3.63, 3.8) is 0 Å². The van der Waals surface area contributed by atoms with Crippen LogP contribution in [-0.4, -0.2) is 48.4 Å². The van der Waals surface area contributed by atoms with Gasteiger partial charge in [0.25, 0.3) is 0 Å². The number of benzene rings is 1. The van der Waals surface area contributed by atoms with Crippen molar-refractivity contribution in [3.8, 4) is 0 Å². The minimum Gasteiger partial charge on any atom is -0.342 e. The number of amides is 1. The Morgan fingerprint density at radius 1 is 1.17 bits per heavy atom. The lowest BCUT2D eigenvalue weighted by atomic mass is 10.0. The first-order valence-electron chi connectivity index (χ1n) is 8.71. The van der Waals surface area contributed by atoms with Crippen molar-refractivity contribution in [1.82, 2.24) is 9.21 Å². The molecule has 1 amide bonds. The van der Waals surface area contributed by atoms with Gasteiger partial charge in [-0.05, 0) is 24.3 Å². The van der Waals surface area contributed by atoms with Crippen molar-refractivity contribution in [3.05, 3.63) is 35.9 Å². The van der Waals surface area contributed by atoms with Gasteiger partial charge < -0.3 is 4.90 Å². The lowest BCUT2D eigenvalue weighted by Gasteiger charge is -2.23. The number of hydrogen-bond donors (Lipinski definition) is 0. The van der Waals surface area contributed by atoms with Gasteiger partial charge in [-0.15, -0.1) is 0 Å². The van der Waals surface area contributed by atoms with Crippen LogP contribution in [0.15, 0.2) is 30.3 Å². The van der Waals surface area contributed by atoms with Gasteiger partial charge in [-0.2, -0.15) is 4.31 Å². The fraction of sp³-hybridized carbons (Fsp3) is 0.611. The van der Waals surface area contributed by atoms with E-state index in [1.54, 1.807) is 4.31 Å². The molecular weight excluding hydrogens is 324 g/mol. The zero-order chi connectivity index (χ0) is 17.3. The van der Waals surface area contributed by atoms with Crippen molar-refractivity contribution in [2.75, 3.05) is 19.6 Å². The zero-order valence-corrected chi connectivity index (χ0v) is 15.2. The zero-order valence-electron chi connectivity index (χ0n) is 14.4. The van der Waals surface area contributed by atoms with Crippen LogP contribution < -0.4 is 0 Å². The van der Waals surface area contributed by atoms with Gasteiger partial charge in [0.2, 0.25) is 15.9 Å². The molecule has 5 nitrogen and oxygen atoms in total. The van der Waals surface area contributed by atoms with E-state index >= 15 is 0 Å². The first-order valence-corrected chi connectivity index (χ1v) is 10.2. The van der Waals surface area contributed by atoms with E-state index in [4.69, 9.17) is 0 Å². The summed E-state index contributed by atoms with van der Waals surface area (Å²) in [6, 6.07) is 9.74. The summed E-state index contributed by atoms with van der Waals surface area (Å²) in [6.45, 7) is 6.04. The molecule has 2 fully saturated rings. The number of fused-ring (bicyclic) bond motifs is 1. The SMILES string of the molecule is CC(C)C(=O)N1CC[C@@H]2CN(Cc3ccccc3)S(=O)(=O)[C@@H]2CC1. The maximum absolute atomic E-state index is 12.9. The summed E-state index contributed by atoms with van der Waals surface area (Å²) in [5.74, 6) is 0.228. The quantitative estimate of drug-likeness (QED) is 0.839. The van der Waals surface area contributed by atoms with Crippen LogP contribution >= 0.6 is 0 Å². The van der Waals surface area contributed by atoms with Crippen molar-refractivity contribution in [1.29, 1.82) is 0 Å².